The minimum absolute atomic E-state index is 0.355. The van der Waals surface area contributed by atoms with E-state index in [2.05, 4.69) is 38.9 Å². The van der Waals surface area contributed by atoms with Gasteiger partial charge in [0.25, 0.3) is 5.70 Å². The number of ether oxygens (including phenoxy) is 2. The summed E-state index contributed by atoms with van der Waals surface area (Å²) in [5, 5.41) is 28.1. The Morgan fingerprint density at radius 2 is 0.765 bits per heavy atom. The predicted octanol–water partition coefficient (Wildman–Crippen LogP) is 14.8. The summed E-state index contributed by atoms with van der Waals surface area (Å²) in [7, 11) is 0. The fraction of sp³-hybridized carbons (Fsp3) is 0.0345. The highest BCUT2D eigenvalue weighted by Crippen LogP contribution is 2.40. The van der Waals surface area contributed by atoms with Crippen LogP contribution in [0.15, 0.2) is 205 Å². The van der Waals surface area contributed by atoms with Crippen molar-refractivity contribution in [3.8, 4) is 40.2 Å². The number of nitrogens with zero attached hydrogens (tertiary/aromatic N) is 4. The molecule has 68 heavy (non-hydrogen) atoms. The van der Waals surface area contributed by atoms with Gasteiger partial charge in [0.15, 0.2) is 0 Å². The highest BCUT2D eigenvalue weighted by Gasteiger charge is 2.17. The Labute approximate surface area is 394 Å². The van der Waals surface area contributed by atoms with Gasteiger partial charge in [-0.05, 0) is 170 Å². The molecule has 0 unspecified atom stereocenters. The van der Waals surface area contributed by atoms with Crippen molar-refractivity contribution in [3.05, 3.63) is 239 Å². The number of carboxylic acids is 2. The molecule has 8 rings (SSSR count). The standard InChI is InChI=1S/C58H42N4O6/c1-39-4-28-52(29-5-39)67-54-32-24-50(25-33-54)61(46-16-8-41(9-17-46)36-45(38-59)57(63)64)48-20-12-43(13-21-48)44-14-22-49(23-15-44)62(47-18-10-42(11-19-47)37-56(60-3)58(65)66)51-26-34-55(35-27-51)68-53-30-6-40(2)7-31-53/h4-37H,1-2H3,(H,63,64)(H,65,66). The van der Waals surface area contributed by atoms with Gasteiger partial charge < -0.3 is 29.5 Å². The zero-order valence-electron chi connectivity index (χ0n) is 36.9. The third-order valence-corrected chi connectivity index (χ3v) is 10.9. The minimum Gasteiger partial charge on any atom is -0.486 e. The molecule has 0 saturated carbocycles. The number of benzene rings is 8. The quantitative estimate of drug-likeness (QED) is 0.0587. The van der Waals surface area contributed by atoms with Crippen molar-refractivity contribution in [2.45, 2.75) is 13.8 Å². The van der Waals surface area contributed by atoms with Gasteiger partial charge in [-0.2, -0.15) is 5.26 Å². The second-order valence-electron chi connectivity index (χ2n) is 15.7. The third-order valence-electron chi connectivity index (χ3n) is 10.9. The SMILES string of the molecule is [C-]#[N+]C(=Cc1ccc(N(c2ccc(Oc3ccc(C)cc3)cc2)c2ccc(-c3ccc(N(c4ccc(C=C(C#N)C(=O)O)cc4)c4ccc(Oc5ccc(C)cc5)cc4)cc3)cc2)cc1)C(=O)O. The molecule has 2 N–H and O–H groups in total. The van der Waals surface area contributed by atoms with E-state index in [4.69, 9.17) is 16.0 Å². The van der Waals surface area contributed by atoms with Crippen LogP contribution in [-0.4, -0.2) is 22.2 Å². The second-order valence-corrected chi connectivity index (χ2v) is 15.7. The summed E-state index contributed by atoms with van der Waals surface area (Å²) in [6.45, 7) is 11.3. The van der Waals surface area contributed by atoms with Gasteiger partial charge in [0.1, 0.15) is 34.6 Å². The molecular formula is C58H42N4O6. The molecule has 0 aliphatic rings. The minimum atomic E-state index is -1.29. The molecule has 0 amide bonds. The van der Waals surface area contributed by atoms with Crippen LogP contribution in [0.1, 0.15) is 22.3 Å². The van der Waals surface area contributed by atoms with Crippen molar-refractivity contribution in [2.24, 2.45) is 0 Å². The first-order chi connectivity index (χ1) is 33.0. The number of rotatable bonds is 15. The Morgan fingerprint density at radius 3 is 1.06 bits per heavy atom. The van der Waals surface area contributed by atoms with Gasteiger partial charge in [-0.15, -0.1) is 0 Å². The molecule has 8 aromatic rings. The smallest absolute Gasteiger partial charge is 0.346 e. The van der Waals surface area contributed by atoms with Crippen LogP contribution in [0.5, 0.6) is 23.0 Å². The first-order valence-corrected chi connectivity index (χ1v) is 21.4. The number of carboxylic acid groups (broad SMARTS) is 2. The van der Waals surface area contributed by atoms with Crippen LogP contribution < -0.4 is 19.3 Å². The summed E-state index contributed by atoms with van der Waals surface area (Å²) < 4.78 is 12.2. The highest BCUT2D eigenvalue weighted by atomic mass is 16.5. The fourth-order valence-corrected chi connectivity index (χ4v) is 7.36. The van der Waals surface area contributed by atoms with Crippen LogP contribution in [-0.2, 0) is 9.59 Å². The molecule has 8 aromatic carbocycles. The molecule has 0 aliphatic carbocycles. The summed E-state index contributed by atoms with van der Waals surface area (Å²) in [4.78, 5) is 30.4. The van der Waals surface area contributed by atoms with Crippen molar-refractivity contribution in [1.82, 2.24) is 0 Å². The summed E-state index contributed by atoms with van der Waals surface area (Å²) in [6.07, 6.45) is 2.69. The molecular weight excluding hydrogens is 849 g/mol. The molecule has 0 atom stereocenters. The van der Waals surface area contributed by atoms with Gasteiger partial charge in [0, 0.05) is 34.1 Å². The molecule has 0 heterocycles. The van der Waals surface area contributed by atoms with E-state index in [0.717, 1.165) is 67.9 Å². The summed E-state index contributed by atoms with van der Waals surface area (Å²) in [5.74, 6) is 0.252. The normalized spacial score (nSPS) is 11.2. The Bertz CT molecular complexity index is 2980. The van der Waals surface area contributed by atoms with Crippen LogP contribution in [0.2, 0.25) is 0 Å². The van der Waals surface area contributed by atoms with Crippen molar-refractivity contribution < 1.29 is 29.3 Å². The van der Waals surface area contributed by atoms with Gasteiger partial charge >= 0.3 is 11.9 Å². The maximum Gasteiger partial charge on any atom is 0.346 e. The van der Waals surface area contributed by atoms with Crippen LogP contribution in [0.25, 0.3) is 28.1 Å². The lowest BCUT2D eigenvalue weighted by Gasteiger charge is -2.26. The lowest BCUT2D eigenvalue weighted by atomic mass is 10.0. The number of hydrogen-bond donors (Lipinski definition) is 2. The molecule has 0 radical (unpaired) electrons. The molecule has 0 fully saturated rings. The summed E-state index contributed by atoms with van der Waals surface area (Å²) in [5.41, 5.74) is 9.78. The molecule has 0 aromatic heterocycles. The van der Waals surface area contributed by atoms with E-state index in [1.165, 1.54) is 12.2 Å². The van der Waals surface area contributed by atoms with E-state index in [1.54, 1.807) is 30.3 Å². The number of aliphatic carboxylic acids is 2. The van der Waals surface area contributed by atoms with Crippen LogP contribution in [0, 0.1) is 31.8 Å². The Kier molecular flexibility index (Phi) is 13.5. The number of anilines is 6. The fourth-order valence-electron chi connectivity index (χ4n) is 7.36. The zero-order chi connectivity index (χ0) is 47.6. The Balaban J connectivity index is 1.09. The molecule has 10 nitrogen and oxygen atoms in total. The third kappa shape index (κ3) is 10.8. The first-order valence-electron chi connectivity index (χ1n) is 21.4. The Morgan fingerprint density at radius 1 is 0.471 bits per heavy atom. The molecule has 0 saturated heterocycles. The van der Waals surface area contributed by atoms with Crippen molar-refractivity contribution in [3.63, 3.8) is 0 Å². The maximum absolute atomic E-state index is 11.5. The van der Waals surface area contributed by atoms with Gasteiger partial charge in [-0.3, -0.25) is 4.79 Å². The topological polar surface area (TPSA) is 128 Å². The predicted molar refractivity (Wildman–Crippen MR) is 267 cm³/mol. The maximum atomic E-state index is 11.5. The zero-order valence-corrected chi connectivity index (χ0v) is 36.9. The van der Waals surface area contributed by atoms with E-state index in [1.807, 2.05) is 159 Å². The van der Waals surface area contributed by atoms with Crippen molar-refractivity contribution >= 4 is 58.2 Å². The summed E-state index contributed by atoms with van der Waals surface area (Å²) >= 11 is 0. The number of hydrogen-bond acceptors (Lipinski definition) is 7. The second kappa shape index (κ2) is 20.5. The lowest BCUT2D eigenvalue weighted by Crippen LogP contribution is -2.10. The van der Waals surface area contributed by atoms with E-state index in [0.29, 0.717) is 22.6 Å². The number of aryl methyl sites for hydroxylation is 2. The molecule has 0 bridgehead atoms. The monoisotopic (exact) mass is 890 g/mol. The lowest BCUT2D eigenvalue weighted by molar-refractivity contribution is -0.133. The average Bonchev–Trinajstić information content (AvgIpc) is 3.36. The van der Waals surface area contributed by atoms with Gasteiger partial charge in [0.2, 0.25) is 0 Å². The van der Waals surface area contributed by atoms with Crippen molar-refractivity contribution in [1.29, 1.82) is 5.26 Å². The van der Waals surface area contributed by atoms with Gasteiger partial charge in [0.05, 0.1) is 6.57 Å². The number of carbonyl (C=O) groups is 2. The average molecular weight is 891 g/mol. The van der Waals surface area contributed by atoms with Gasteiger partial charge in [-0.25, -0.2) is 9.64 Å². The Hall–Kier alpha value is -9.64. The molecule has 10 heteroatoms. The van der Waals surface area contributed by atoms with Gasteiger partial charge in [-0.1, -0.05) is 83.9 Å². The molecule has 0 spiro atoms. The largest absolute Gasteiger partial charge is 0.486 e. The van der Waals surface area contributed by atoms with E-state index in [9.17, 15) is 25.1 Å². The van der Waals surface area contributed by atoms with E-state index < -0.39 is 11.9 Å². The molecule has 0 aliphatic heterocycles. The first kappa shape index (κ1) is 44.9. The van der Waals surface area contributed by atoms with Crippen molar-refractivity contribution in [2.75, 3.05) is 9.80 Å². The van der Waals surface area contributed by atoms with E-state index >= 15 is 0 Å². The van der Waals surface area contributed by atoms with E-state index in [-0.39, 0.29) is 11.3 Å². The number of nitriles is 1. The van der Waals surface area contributed by atoms with Crippen LogP contribution >= 0.6 is 0 Å². The molecule has 330 valence electrons. The highest BCUT2D eigenvalue weighted by molar-refractivity contribution is 5.96. The van der Waals surface area contributed by atoms with Crippen LogP contribution in [0.4, 0.5) is 34.1 Å². The van der Waals surface area contributed by atoms with Crippen LogP contribution in [0.3, 0.4) is 0 Å². The summed E-state index contributed by atoms with van der Waals surface area (Å²) in [6, 6.07) is 64.1.